The fraction of sp³-hybridized carbons (Fsp3) is 0.200. The lowest BCUT2D eigenvalue weighted by molar-refractivity contribution is 0.304. The van der Waals surface area contributed by atoms with Gasteiger partial charge in [0, 0.05) is 6.54 Å². The van der Waals surface area contributed by atoms with E-state index in [-0.39, 0.29) is 0 Å². The summed E-state index contributed by atoms with van der Waals surface area (Å²) in [4.78, 5) is 0. The van der Waals surface area contributed by atoms with Crippen LogP contribution in [0.1, 0.15) is 11.1 Å². The summed E-state index contributed by atoms with van der Waals surface area (Å²) in [5, 5.41) is 0. The van der Waals surface area contributed by atoms with Crippen molar-refractivity contribution < 1.29 is 9.47 Å². The Bertz CT molecular complexity index is 540. The van der Waals surface area contributed by atoms with Crippen LogP contribution in [0.5, 0.6) is 11.5 Å². The standard InChI is InChI=1S/C15H16BrNO2/c1-18-13-5-2-11(3-6-13)10-19-15-7-4-12(9-17)8-14(15)16/h2-8H,9-10,17H2,1H3. The molecule has 0 aliphatic heterocycles. The van der Waals surface area contributed by atoms with Gasteiger partial charge in [0.2, 0.25) is 0 Å². The first kappa shape index (κ1) is 13.9. The minimum absolute atomic E-state index is 0.518. The van der Waals surface area contributed by atoms with E-state index in [1.54, 1.807) is 7.11 Å². The van der Waals surface area contributed by atoms with Gasteiger partial charge in [-0.1, -0.05) is 18.2 Å². The molecular weight excluding hydrogens is 306 g/mol. The predicted octanol–water partition coefficient (Wildman–Crippen LogP) is 3.50. The highest BCUT2D eigenvalue weighted by molar-refractivity contribution is 9.10. The number of nitrogens with two attached hydrogens (primary N) is 1. The molecule has 0 unspecified atom stereocenters. The third-order valence-corrected chi connectivity index (χ3v) is 3.41. The van der Waals surface area contributed by atoms with Crippen LogP contribution < -0.4 is 15.2 Å². The molecule has 0 amide bonds. The third kappa shape index (κ3) is 3.72. The zero-order chi connectivity index (χ0) is 13.7. The molecule has 100 valence electrons. The minimum Gasteiger partial charge on any atom is -0.497 e. The maximum absolute atomic E-state index is 5.77. The van der Waals surface area contributed by atoms with E-state index in [9.17, 15) is 0 Å². The Balaban J connectivity index is 2.01. The van der Waals surface area contributed by atoms with Gasteiger partial charge in [-0.3, -0.25) is 0 Å². The van der Waals surface area contributed by atoms with E-state index < -0.39 is 0 Å². The van der Waals surface area contributed by atoms with Crippen LogP contribution in [0.2, 0.25) is 0 Å². The maximum atomic E-state index is 5.77. The molecule has 0 bridgehead atoms. The molecule has 0 aliphatic carbocycles. The highest BCUT2D eigenvalue weighted by Gasteiger charge is 2.03. The van der Waals surface area contributed by atoms with Gasteiger partial charge in [0.25, 0.3) is 0 Å². The molecule has 4 heteroatoms. The normalized spacial score (nSPS) is 10.3. The molecule has 3 nitrogen and oxygen atoms in total. The van der Waals surface area contributed by atoms with Crippen molar-refractivity contribution in [3.05, 3.63) is 58.1 Å². The van der Waals surface area contributed by atoms with Gasteiger partial charge < -0.3 is 15.2 Å². The molecule has 0 spiro atoms. The van der Waals surface area contributed by atoms with Gasteiger partial charge in [-0.15, -0.1) is 0 Å². The number of benzene rings is 2. The van der Waals surface area contributed by atoms with Gasteiger partial charge >= 0.3 is 0 Å². The monoisotopic (exact) mass is 321 g/mol. The van der Waals surface area contributed by atoms with Crippen LogP contribution in [0.15, 0.2) is 46.9 Å². The maximum Gasteiger partial charge on any atom is 0.134 e. The van der Waals surface area contributed by atoms with E-state index in [2.05, 4.69) is 15.9 Å². The summed E-state index contributed by atoms with van der Waals surface area (Å²) in [5.41, 5.74) is 7.75. The van der Waals surface area contributed by atoms with Crippen LogP contribution in [0.3, 0.4) is 0 Å². The highest BCUT2D eigenvalue weighted by atomic mass is 79.9. The number of rotatable bonds is 5. The van der Waals surface area contributed by atoms with E-state index in [1.165, 1.54) is 0 Å². The summed E-state index contributed by atoms with van der Waals surface area (Å²) in [6.45, 7) is 1.04. The van der Waals surface area contributed by atoms with Crippen molar-refractivity contribution >= 4 is 15.9 Å². The van der Waals surface area contributed by atoms with Crippen molar-refractivity contribution in [2.45, 2.75) is 13.2 Å². The Kier molecular flexibility index (Phi) is 4.82. The smallest absolute Gasteiger partial charge is 0.134 e. The Labute approximate surface area is 121 Å². The summed E-state index contributed by atoms with van der Waals surface area (Å²) >= 11 is 3.48. The zero-order valence-corrected chi connectivity index (χ0v) is 12.3. The van der Waals surface area contributed by atoms with Crippen molar-refractivity contribution in [1.82, 2.24) is 0 Å². The molecule has 2 rings (SSSR count). The summed E-state index contributed by atoms with van der Waals surface area (Å²) in [6, 6.07) is 13.7. The van der Waals surface area contributed by atoms with Gasteiger partial charge in [-0.2, -0.15) is 0 Å². The van der Waals surface area contributed by atoms with Crippen molar-refractivity contribution in [2.75, 3.05) is 7.11 Å². The first-order valence-electron chi connectivity index (χ1n) is 5.97. The fourth-order valence-electron chi connectivity index (χ4n) is 1.67. The van der Waals surface area contributed by atoms with Gasteiger partial charge in [0.15, 0.2) is 0 Å². The molecule has 0 aliphatic rings. The van der Waals surface area contributed by atoms with E-state index in [0.717, 1.165) is 27.1 Å². The molecule has 0 saturated carbocycles. The average molecular weight is 322 g/mol. The first-order valence-corrected chi connectivity index (χ1v) is 6.76. The van der Waals surface area contributed by atoms with E-state index in [1.807, 2.05) is 42.5 Å². The van der Waals surface area contributed by atoms with Crippen molar-refractivity contribution in [2.24, 2.45) is 5.73 Å². The number of hydrogen-bond acceptors (Lipinski definition) is 3. The highest BCUT2D eigenvalue weighted by Crippen LogP contribution is 2.26. The lowest BCUT2D eigenvalue weighted by atomic mass is 10.2. The number of halogens is 1. The van der Waals surface area contributed by atoms with Gasteiger partial charge in [0.1, 0.15) is 18.1 Å². The molecule has 0 atom stereocenters. The quantitative estimate of drug-likeness (QED) is 0.916. The molecule has 2 aromatic carbocycles. The topological polar surface area (TPSA) is 44.5 Å². The Morgan fingerprint density at radius 2 is 1.74 bits per heavy atom. The molecule has 0 saturated heterocycles. The van der Waals surface area contributed by atoms with Crippen LogP contribution in [0, 0.1) is 0 Å². The van der Waals surface area contributed by atoms with E-state index in [0.29, 0.717) is 13.2 Å². The van der Waals surface area contributed by atoms with Crippen molar-refractivity contribution in [3.8, 4) is 11.5 Å². The number of methoxy groups -OCH3 is 1. The van der Waals surface area contributed by atoms with Gasteiger partial charge in [0.05, 0.1) is 11.6 Å². The molecule has 0 fully saturated rings. The summed E-state index contributed by atoms with van der Waals surface area (Å²) in [7, 11) is 1.65. The Morgan fingerprint density at radius 3 is 2.32 bits per heavy atom. The molecule has 19 heavy (non-hydrogen) atoms. The lowest BCUT2D eigenvalue weighted by Gasteiger charge is -2.10. The Hall–Kier alpha value is -1.52. The van der Waals surface area contributed by atoms with Gasteiger partial charge in [-0.05, 0) is 51.3 Å². The van der Waals surface area contributed by atoms with E-state index in [4.69, 9.17) is 15.2 Å². The van der Waals surface area contributed by atoms with Crippen molar-refractivity contribution in [1.29, 1.82) is 0 Å². The zero-order valence-electron chi connectivity index (χ0n) is 10.7. The molecule has 0 aromatic heterocycles. The third-order valence-electron chi connectivity index (χ3n) is 2.79. The van der Waals surface area contributed by atoms with Crippen molar-refractivity contribution in [3.63, 3.8) is 0 Å². The van der Waals surface area contributed by atoms with Crippen LogP contribution in [-0.4, -0.2) is 7.11 Å². The second kappa shape index (κ2) is 6.59. The SMILES string of the molecule is COc1ccc(COc2ccc(CN)cc2Br)cc1. The fourth-order valence-corrected chi connectivity index (χ4v) is 2.21. The summed E-state index contributed by atoms with van der Waals surface area (Å²) < 4.78 is 11.8. The molecule has 0 heterocycles. The summed E-state index contributed by atoms with van der Waals surface area (Å²) in [5.74, 6) is 1.66. The predicted molar refractivity (Wildman–Crippen MR) is 79.4 cm³/mol. The molecule has 2 aromatic rings. The minimum atomic E-state index is 0.518. The molecular formula is C15H16BrNO2. The van der Waals surface area contributed by atoms with Crippen LogP contribution in [0.25, 0.3) is 0 Å². The first-order chi connectivity index (χ1) is 9.22. The molecule has 0 radical (unpaired) electrons. The Morgan fingerprint density at radius 1 is 1.05 bits per heavy atom. The van der Waals surface area contributed by atoms with Crippen LogP contribution >= 0.6 is 15.9 Å². The van der Waals surface area contributed by atoms with E-state index >= 15 is 0 Å². The van der Waals surface area contributed by atoms with Gasteiger partial charge in [-0.25, -0.2) is 0 Å². The second-order valence-electron chi connectivity index (χ2n) is 4.11. The second-order valence-corrected chi connectivity index (χ2v) is 4.96. The summed E-state index contributed by atoms with van der Waals surface area (Å²) in [6.07, 6.45) is 0. The number of hydrogen-bond donors (Lipinski definition) is 1. The lowest BCUT2D eigenvalue weighted by Crippen LogP contribution is -1.99. The van der Waals surface area contributed by atoms with Crippen LogP contribution in [-0.2, 0) is 13.2 Å². The average Bonchev–Trinajstić information content (AvgIpc) is 2.46. The van der Waals surface area contributed by atoms with Crippen LogP contribution in [0.4, 0.5) is 0 Å². The number of ether oxygens (including phenoxy) is 2. The molecule has 2 N–H and O–H groups in total. The largest absolute Gasteiger partial charge is 0.497 e.